The van der Waals surface area contributed by atoms with E-state index in [9.17, 15) is 9.59 Å². The lowest BCUT2D eigenvalue weighted by Gasteiger charge is -2.21. The van der Waals surface area contributed by atoms with E-state index < -0.39 is 0 Å². The molecule has 2 saturated carbocycles. The van der Waals surface area contributed by atoms with Crippen LogP contribution in [0, 0.1) is 11.8 Å². The number of nitrogens with one attached hydrogen (secondary N) is 2. The SMILES string of the molecule is O=C(Nc1ccc(NC(=O)C2CCCCC2)nc1)C1CCCCC1. The minimum Gasteiger partial charge on any atom is -0.324 e. The fourth-order valence-corrected chi connectivity index (χ4v) is 3.74. The maximum absolute atomic E-state index is 12.2. The van der Waals surface area contributed by atoms with E-state index >= 15 is 0 Å². The zero-order valence-electron chi connectivity index (χ0n) is 14.2. The molecular formula is C19H27N3O2. The number of hydrogen-bond acceptors (Lipinski definition) is 3. The summed E-state index contributed by atoms with van der Waals surface area (Å²) in [6, 6.07) is 3.57. The van der Waals surface area contributed by atoms with Crippen LogP contribution in [0.3, 0.4) is 0 Å². The molecule has 1 aromatic heterocycles. The van der Waals surface area contributed by atoms with Crippen molar-refractivity contribution in [2.75, 3.05) is 10.6 Å². The van der Waals surface area contributed by atoms with E-state index in [0.717, 1.165) is 51.4 Å². The first-order chi connectivity index (χ1) is 11.7. The van der Waals surface area contributed by atoms with Crippen molar-refractivity contribution in [1.82, 2.24) is 4.98 Å². The molecule has 2 amide bonds. The number of rotatable bonds is 4. The number of pyridine rings is 1. The summed E-state index contributed by atoms with van der Waals surface area (Å²) in [6.07, 6.45) is 12.6. The fraction of sp³-hybridized carbons (Fsp3) is 0.632. The van der Waals surface area contributed by atoms with E-state index in [1.165, 1.54) is 12.8 Å². The van der Waals surface area contributed by atoms with Gasteiger partial charge >= 0.3 is 0 Å². The van der Waals surface area contributed by atoms with Gasteiger partial charge in [-0.1, -0.05) is 38.5 Å². The van der Waals surface area contributed by atoms with Gasteiger partial charge in [-0.2, -0.15) is 0 Å². The van der Waals surface area contributed by atoms with Gasteiger partial charge in [0.05, 0.1) is 11.9 Å². The first-order valence-electron chi connectivity index (χ1n) is 9.30. The second-order valence-electron chi connectivity index (χ2n) is 7.08. The van der Waals surface area contributed by atoms with Crippen molar-refractivity contribution in [2.45, 2.75) is 64.2 Å². The third-order valence-electron chi connectivity index (χ3n) is 5.23. The van der Waals surface area contributed by atoms with Crippen LogP contribution in [0.4, 0.5) is 11.5 Å². The third-order valence-corrected chi connectivity index (χ3v) is 5.23. The van der Waals surface area contributed by atoms with Gasteiger partial charge in [0.25, 0.3) is 0 Å². The average molecular weight is 329 g/mol. The first kappa shape index (κ1) is 16.9. The topological polar surface area (TPSA) is 71.1 Å². The zero-order chi connectivity index (χ0) is 16.8. The molecular weight excluding hydrogens is 302 g/mol. The summed E-state index contributed by atoms with van der Waals surface area (Å²) in [5, 5.41) is 5.83. The Kier molecular flexibility index (Phi) is 5.83. The Morgan fingerprint density at radius 2 is 1.33 bits per heavy atom. The Morgan fingerprint density at radius 3 is 1.83 bits per heavy atom. The fourth-order valence-electron chi connectivity index (χ4n) is 3.74. The molecule has 0 aliphatic heterocycles. The summed E-state index contributed by atoms with van der Waals surface area (Å²) < 4.78 is 0. The van der Waals surface area contributed by atoms with Crippen molar-refractivity contribution in [3.8, 4) is 0 Å². The van der Waals surface area contributed by atoms with Crippen LogP contribution < -0.4 is 10.6 Å². The van der Waals surface area contributed by atoms with Crippen molar-refractivity contribution in [3.63, 3.8) is 0 Å². The molecule has 2 aliphatic rings. The minimum absolute atomic E-state index is 0.0705. The standard InChI is InChI=1S/C19H27N3O2/c23-18(14-7-3-1-4-8-14)21-16-11-12-17(20-13-16)22-19(24)15-9-5-2-6-10-15/h11-15H,1-10H2,(H,21,23)(H,20,22,24). The molecule has 2 aliphatic carbocycles. The first-order valence-corrected chi connectivity index (χ1v) is 9.30. The van der Waals surface area contributed by atoms with E-state index in [1.54, 1.807) is 12.3 Å². The molecule has 0 saturated heterocycles. The molecule has 0 radical (unpaired) electrons. The number of carbonyl (C=O) groups is 2. The van der Waals surface area contributed by atoms with Gasteiger partial charge < -0.3 is 10.6 Å². The Morgan fingerprint density at radius 1 is 0.792 bits per heavy atom. The number of hydrogen-bond donors (Lipinski definition) is 2. The number of carbonyl (C=O) groups excluding carboxylic acids is 2. The summed E-state index contributed by atoms with van der Waals surface area (Å²) in [5.74, 6) is 0.966. The molecule has 5 heteroatoms. The molecule has 0 atom stereocenters. The van der Waals surface area contributed by atoms with Crippen molar-refractivity contribution in [2.24, 2.45) is 11.8 Å². The second-order valence-corrected chi connectivity index (χ2v) is 7.08. The summed E-state index contributed by atoms with van der Waals surface area (Å²) in [7, 11) is 0. The highest BCUT2D eigenvalue weighted by molar-refractivity contribution is 5.93. The molecule has 2 fully saturated rings. The lowest BCUT2D eigenvalue weighted by Crippen LogP contribution is -2.25. The molecule has 0 spiro atoms. The Balaban J connectivity index is 1.51. The van der Waals surface area contributed by atoms with E-state index in [1.807, 2.05) is 6.07 Å². The van der Waals surface area contributed by atoms with Gasteiger partial charge in [-0.3, -0.25) is 9.59 Å². The summed E-state index contributed by atoms with van der Waals surface area (Å²) >= 11 is 0. The normalized spacial score (nSPS) is 19.7. The smallest absolute Gasteiger partial charge is 0.228 e. The zero-order valence-corrected chi connectivity index (χ0v) is 14.2. The van der Waals surface area contributed by atoms with E-state index in [4.69, 9.17) is 0 Å². The Bertz CT molecular complexity index is 507. The molecule has 1 aromatic rings. The predicted molar refractivity (Wildman–Crippen MR) is 94.6 cm³/mol. The van der Waals surface area contributed by atoms with Gasteiger partial charge in [0, 0.05) is 11.8 Å². The lowest BCUT2D eigenvalue weighted by molar-refractivity contribution is -0.121. The number of amides is 2. The third kappa shape index (κ3) is 4.56. The van der Waals surface area contributed by atoms with Crippen LogP contribution >= 0.6 is 0 Å². The second kappa shape index (κ2) is 8.27. The van der Waals surface area contributed by atoms with Gasteiger partial charge in [-0.25, -0.2) is 4.98 Å². The van der Waals surface area contributed by atoms with Gasteiger partial charge in [0.1, 0.15) is 5.82 Å². The quantitative estimate of drug-likeness (QED) is 0.873. The van der Waals surface area contributed by atoms with E-state index in [-0.39, 0.29) is 23.7 Å². The molecule has 0 bridgehead atoms. The van der Waals surface area contributed by atoms with Crippen molar-refractivity contribution < 1.29 is 9.59 Å². The van der Waals surface area contributed by atoms with Crippen molar-refractivity contribution in [3.05, 3.63) is 18.3 Å². The minimum atomic E-state index is 0.0705. The van der Waals surface area contributed by atoms with Crippen LogP contribution in [-0.2, 0) is 9.59 Å². The van der Waals surface area contributed by atoms with Gasteiger partial charge in [0.15, 0.2) is 0 Å². The van der Waals surface area contributed by atoms with Gasteiger partial charge in [0.2, 0.25) is 11.8 Å². The summed E-state index contributed by atoms with van der Waals surface area (Å²) in [6.45, 7) is 0. The van der Waals surface area contributed by atoms with Gasteiger partial charge in [-0.15, -0.1) is 0 Å². The van der Waals surface area contributed by atoms with E-state index in [0.29, 0.717) is 11.5 Å². The molecule has 5 nitrogen and oxygen atoms in total. The van der Waals surface area contributed by atoms with Crippen molar-refractivity contribution >= 4 is 23.3 Å². The molecule has 3 rings (SSSR count). The average Bonchev–Trinajstić information content (AvgIpc) is 2.65. The molecule has 130 valence electrons. The number of aromatic nitrogens is 1. The maximum atomic E-state index is 12.2. The predicted octanol–water partition coefficient (Wildman–Crippen LogP) is 4.12. The van der Waals surface area contributed by atoms with Crippen LogP contribution in [0.25, 0.3) is 0 Å². The van der Waals surface area contributed by atoms with Gasteiger partial charge in [-0.05, 0) is 37.8 Å². The number of anilines is 2. The van der Waals surface area contributed by atoms with Crippen molar-refractivity contribution in [1.29, 1.82) is 0 Å². The van der Waals surface area contributed by atoms with Crippen LogP contribution in [0.15, 0.2) is 18.3 Å². The Labute approximate surface area is 143 Å². The van der Waals surface area contributed by atoms with Crippen LogP contribution in [0.5, 0.6) is 0 Å². The molecule has 2 N–H and O–H groups in total. The summed E-state index contributed by atoms with van der Waals surface area (Å²) in [5.41, 5.74) is 0.696. The van der Waals surface area contributed by atoms with Crippen LogP contribution in [0.2, 0.25) is 0 Å². The Hall–Kier alpha value is -1.91. The molecule has 1 heterocycles. The highest BCUT2D eigenvalue weighted by Crippen LogP contribution is 2.26. The highest BCUT2D eigenvalue weighted by atomic mass is 16.2. The molecule has 24 heavy (non-hydrogen) atoms. The summed E-state index contributed by atoms with van der Waals surface area (Å²) in [4.78, 5) is 28.7. The van der Waals surface area contributed by atoms with Crippen LogP contribution in [-0.4, -0.2) is 16.8 Å². The highest BCUT2D eigenvalue weighted by Gasteiger charge is 2.22. The monoisotopic (exact) mass is 329 g/mol. The largest absolute Gasteiger partial charge is 0.324 e. The van der Waals surface area contributed by atoms with Crippen LogP contribution in [0.1, 0.15) is 64.2 Å². The lowest BCUT2D eigenvalue weighted by atomic mass is 9.88. The number of nitrogens with zero attached hydrogens (tertiary/aromatic N) is 1. The maximum Gasteiger partial charge on any atom is 0.228 e. The molecule has 0 aromatic carbocycles. The van der Waals surface area contributed by atoms with E-state index in [2.05, 4.69) is 15.6 Å². The molecule has 0 unspecified atom stereocenters.